The highest BCUT2D eigenvalue weighted by atomic mass is 32.1. The monoisotopic (exact) mass is 266 g/mol. The molecule has 0 aliphatic carbocycles. The van der Waals surface area contributed by atoms with Crippen molar-refractivity contribution in [1.29, 1.82) is 0 Å². The average molecular weight is 266 g/mol. The highest BCUT2D eigenvalue weighted by Gasteiger charge is 2.53. The Kier molecular flexibility index (Phi) is 3.83. The van der Waals surface area contributed by atoms with Gasteiger partial charge in [0.2, 0.25) is 5.91 Å². The summed E-state index contributed by atoms with van der Waals surface area (Å²) >= 11 is 1.43. The molecule has 0 saturated carbocycles. The lowest BCUT2D eigenvalue weighted by Gasteiger charge is -2.26. The summed E-state index contributed by atoms with van der Waals surface area (Å²) in [6.07, 6.45) is -4.76. The maximum Gasteiger partial charge on any atom is 0.415 e. The third kappa shape index (κ3) is 2.98. The van der Waals surface area contributed by atoms with Crippen LogP contribution < -0.4 is 11.1 Å². The van der Waals surface area contributed by atoms with Crippen LogP contribution in [0.1, 0.15) is 18.1 Å². The minimum atomic E-state index is -4.76. The molecule has 1 heterocycles. The zero-order valence-corrected chi connectivity index (χ0v) is 10.2. The van der Waals surface area contributed by atoms with E-state index in [9.17, 15) is 18.0 Å². The van der Waals surface area contributed by atoms with Crippen LogP contribution in [0.3, 0.4) is 0 Å². The minimum Gasteiger partial charge on any atom is -0.350 e. The van der Waals surface area contributed by atoms with Crippen molar-refractivity contribution in [3.63, 3.8) is 0 Å². The lowest BCUT2D eigenvalue weighted by Crippen LogP contribution is -2.61. The van der Waals surface area contributed by atoms with Crippen LogP contribution in [0.4, 0.5) is 13.2 Å². The van der Waals surface area contributed by atoms with Crippen LogP contribution in [0, 0.1) is 6.92 Å². The fourth-order valence-electron chi connectivity index (χ4n) is 1.06. The van der Waals surface area contributed by atoms with Gasteiger partial charge in [-0.1, -0.05) is 0 Å². The smallest absolute Gasteiger partial charge is 0.350 e. The second-order valence-electron chi connectivity index (χ2n) is 3.96. The van der Waals surface area contributed by atoms with Gasteiger partial charge in [-0.2, -0.15) is 24.5 Å². The van der Waals surface area contributed by atoms with Crippen molar-refractivity contribution in [3.05, 3.63) is 21.9 Å². The Morgan fingerprint density at radius 2 is 2.06 bits per heavy atom. The summed E-state index contributed by atoms with van der Waals surface area (Å²) < 4.78 is 37.3. The first-order valence-electron chi connectivity index (χ1n) is 4.82. The number of rotatable bonds is 3. The normalized spacial score (nSPS) is 15.4. The van der Waals surface area contributed by atoms with Crippen LogP contribution >= 0.6 is 11.3 Å². The van der Waals surface area contributed by atoms with E-state index in [1.807, 2.05) is 12.3 Å². The molecule has 0 spiro atoms. The molecular formula is C10H13F3N2OS. The van der Waals surface area contributed by atoms with Crippen molar-refractivity contribution in [2.24, 2.45) is 5.73 Å². The molecule has 1 aromatic rings. The van der Waals surface area contributed by atoms with Gasteiger partial charge in [-0.15, -0.1) is 0 Å². The molecule has 0 aliphatic rings. The number of thiophene rings is 1. The lowest BCUT2D eigenvalue weighted by atomic mass is 10.0. The molecule has 1 aromatic heterocycles. The van der Waals surface area contributed by atoms with Gasteiger partial charge >= 0.3 is 6.18 Å². The Labute approximate surface area is 101 Å². The summed E-state index contributed by atoms with van der Waals surface area (Å²) in [7, 11) is 0. The molecule has 0 bridgehead atoms. The topological polar surface area (TPSA) is 55.1 Å². The van der Waals surface area contributed by atoms with Gasteiger partial charge in [0.15, 0.2) is 5.54 Å². The molecule has 0 aromatic carbocycles. The SMILES string of the molecule is Cc1cscc1CNC(=O)C(C)(N)C(F)(F)F. The summed E-state index contributed by atoms with van der Waals surface area (Å²) in [6.45, 7) is 2.53. The molecular weight excluding hydrogens is 253 g/mol. The Morgan fingerprint density at radius 1 is 1.47 bits per heavy atom. The molecule has 96 valence electrons. The third-order valence-corrected chi connectivity index (χ3v) is 3.37. The van der Waals surface area contributed by atoms with Crippen molar-refractivity contribution in [1.82, 2.24) is 5.32 Å². The average Bonchev–Trinajstić information content (AvgIpc) is 2.58. The Balaban J connectivity index is 2.65. The van der Waals surface area contributed by atoms with Gasteiger partial charge in [0.05, 0.1) is 0 Å². The molecule has 17 heavy (non-hydrogen) atoms. The van der Waals surface area contributed by atoms with Gasteiger partial charge in [-0.05, 0) is 35.7 Å². The van der Waals surface area contributed by atoms with E-state index in [-0.39, 0.29) is 6.54 Å². The maximum atomic E-state index is 12.4. The quantitative estimate of drug-likeness (QED) is 0.878. The number of hydrogen-bond donors (Lipinski definition) is 2. The number of alkyl halides is 3. The summed E-state index contributed by atoms with van der Waals surface area (Å²) in [5, 5.41) is 5.82. The minimum absolute atomic E-state index is 0.0526. The predicted molar refractivity (Wildman–Crippen MR) is 59.6 cm³/mol. The van der Waals surface area contributed by atoms with Crippen LogP contribution in [0.5, 0.6) is 0 Å². The number of carbonyl (C=O) groups excluding carboxylic acids is 1. The maximum absolute atomic E-state index is 12.4. The predicted octanol–water partition coefficient (Wildman–Crippen LogP) is 1.95. The first-order valence-corrected chi connectivity index (χ1v) is 5.76. The van der Waals surface area contributed by atoms with E-state index in [0.717, 1.165) is 11.1 Å². The highest BCUT2D eigenvalue weighted by Crippen LogP contribution is 2.28. The number of amides is 1. The molecule has 3 nitrogen and oxygen atoms in total. The fraction of sp³-hybridized carbons (Fsp3) is 0.500. The molecule has 1 amide bonds. The molecule has 0 saturated heterocycles. The van der Waals surface area contributed by atoms with Crippen molar-refractivity contribution in [2.75, 3.05) is 0 Å². The van der Waals surface area contributed by atoms with E-state index in [4.69, 9.17) is 5.73 Å². The zero-order valence-electron chi connectivity index (χ0n) is 9.39. The zero-order chi connectivity index (χ0) is 13.3. The fourth-order valence-corrected chi connectivity index (χ4v) is 1.91. The molecule has 7 heteroatoms. The highest BCUT2D eigenvalue weighted by molar-refractivity contribution is 7.08. The van der Waals surface area contributed by atoms with Crippen LogP contribution in [-0.2, 0) is 11.3 Å². The number of aryl methyl sites for hydroxylation is 1. The first-order chi connectivity index (χ1) is 7.66. The molecule has 1 atom stereocenters. The van der Waals surface area contributed by atoms with E-state index in [0.29, 0.717) is 6.92 Å². The van der Waals surface area contributed by atoms with E-state index in [1.54, 1.807) is 5.38 Å². The number of halogens is 3. The second-order valence-corrected chi connectivity index (χ2v) is 4.71. The molecule has 3 N–H and O–H groups in total. The van der Waals surface area contributed by atoms with Crippen molar-refractivity contribution < 1.29 is 18.0 Å². The Hall–Kier alpha value is -1.08. The summed E-state index contributed by atoms with van der Waals surface area (Å²) in [5.74, 6) is -1.23. The van der Waals surface area contributed by atoms with E-state index in [2.05, 4.69) is 5.32 Å². The number of carbonyl (C=O) groups is 1. The molecule has 1 unspecified atom stereocenters. The van der Waals surface area contributed by atoms with Gasteiger partial charge in [-0.25, -0.2) is 0 Å². The van der Waals surface area contributed by atoms with E-state index in [1.165, 1.54) is 11.3 Å². The van der Waals surface area contributed by atoms with Gasteiger partial charge in [0, 0.05) is 6.54 Å². The van der Waals surface area contributed by atoms with Crippen LogP contribution in [0.2, 0.25) is 0 Å². The molecule has 0 fully saturated rings. The Morgan fingerprint density at radius 3 is 2.47 bits per heavy atom. The van der Waals surface area contributed by atoms with E-state index < -0.39 is 17.6 Å². The number of nitrogens with one attached hydrogen (secondary N) is 1. The standard InChI is InChI=1S/C10H13F3N2OS/c1-6-4-17-5-7(6)3-15-8(16)9(2,14)10(11,12)13/h4-5H,3,14H2,1-2H3,(H,15,16). The van der Waals surface area contributed by atoms with Crippen LogP contribution in [0.15, 0.2) is 10.8 Å². The number of hydrogen-bond acceptors (Lipinski definition) is 3. The molecule has 1 rings (SSSR count). The second kappa shape index (κ2) is 4.66. The van der Waals surface area contributed by atoms with Gasteiger partial charge in [-0.3, -0.25) is 4.79 Å². The largest absolute Gasteiger partial charge is 0.415 e. The summed E-state index contributed by atoms with van der Waals surface area (Å²) in [5.41, 5.74) is 3.84. The van der Waals surface area contributed by atoms with E-state index >= 15 is 0 Å². The van der Waals surface area contributed by atoms with Crippen LogP contribution in [-0.4, -0.2) is 17.6 Å². The lowest BCUT2D eigenvalue weighted by molar-refractivity contribution is -0.187. The van der Waals surface area contributed by atoms with Crippen molar-refractivity contribution >= 4 is 17.2 Å². The van der Waals surface area contributed by atoms with Gasteiger partial charge in [0.1, 0.15) is 0 Å². The first kappa shape index (κ1) is 14.0. The van der Waals surface area contributed by atoms with Gasteiger partial charge in [0.25, 0.3) is 0 Å². The molecule has 0 aliphatic heterocycles. The van der Waals surface area contributed by atoms with Crippen molar-refractivity contribution in [2.45, 2.75) is 32.1 Å². The van der Waals surface area contributed by atoms with Crippen molar-refractivity contribution in [3.8, 4) is 0 Å². The Bertz CT molecular complexity index is 412. The molecule has 0 radical (unpaired) electrons. The third-order valence-electron chi connectivity index (χ3n) is 2.46. The summed E-state index contributed by atoms with van der Waals surface area (Å²) in [4.78, 5) is 11.4. The van der Waals surface area contributed by atoms with Gasteiger partial charge < -0.3 is 11.1 Å². The van der Waals surface area contributed by atoms with Crippen LogP contribution in [0.25, 0.3) is 0 Å². The number of nitrogens with two attached hydrogens (primary N) is 1. The summed E-state index contributed by atoms with van der Waals surface area (Å²) in [6, 6.07) is 0.